The van der Waals surface area contributed by atoms with Gasteiger partial charge in [0.1, 0.15) is 0 Å². The number of hydrogen-bond acceptors (Lipinski definition) is 3. The second kappa shape index (κ2) is 7.94. The first-order valence-electron chi connectivity index (χ1n) is 9.06. The highest BCUT2D eigenvalue weighted by atomic mass is 16.5. The molecule has 1 N–H and O–H groups in total. The summed E-state index contributed by atoms with van der Waals surface area (Å²) in [5, 5.41) is 3.68. The summed E-state index contributed by atoms with van der Waals surface area (Å²) >= 11 is 0. The number of nitrogens with one attached hydrogen (secondary N) is 1. The summed E-state index contributed by atoms with van der Waals surface area (Å²) in [5.74, 6) is 0.804. The molecule has 1 atom stereocenters. The van der Waals surface area contributed by atoms with Crippen LogP contribution < -0.4 is 5.32 Å². The van der Waals surface area contributed by atoms with Gasteiger partial charge < -0.3 is 10.1 Å². The van der Waals surface area contributed by atoms with Crippen molar-refractivity contribution in [2.45, 2.75) is 71.9 Å². The molecule has 1 heterocycles. The summed E-state index contributed by atoms with van der Waals surface area (Å²) in [6, 6.07) is 1.43. The summed E-state index contributed by atoms with van der Waals surface area (Å²) in [5.41, 5.74) is 0.335. The van der Waals surface area contributed by atoms with E-state index < -0.39 is 0 Å². The zero-order chi connectivity index (χ0) is 15.3. The topological polar surface area (TPSA) is 24.5 Å². The normalized spacial score (nSPS) is 27.0. The van der Waals surface area contributed by atoms with E-state index in [1.807, 2.05) is 0 Å². The molecule has 1 aliphatic heterocycles. The largest absolute Gasteiger partial charge is 0.381 e. The van der Waals surface area contributed by atoms with Crippen LogP contribution in [0.25, 0.3) is 0 Å². The SMILES string of the molecule is CC(C)CCN(CC1(CNC(C)C)CCCOC1)C1CC1. The zero-order valence-electron chi connectivity index (χ0n) is 14.7. The van der Waals surface area contributed by atoms with Crippen molar-refractivity contribution in [1.82, 2.24) is 10.2 Å². The molecule has 1 aliphatic carbocycles. The lowest BCUT2D eigenvalue weighted by Gasteiger charge is -2.42. The molecule has 1 saturated heterocycles. The fourth-order valence-corrected chi connectivity index (χ4v) is 3.34. The molecule has 1 unspecified atom stereocenters. The van der Waals surface area contributed by atoms with Crippen molar-refractivity contribution in [3.63, 3.8) is 0 Å². The van der Waals surface area contributed by atoms with Crippen molar-refractivity contribution >= 4 is 0 Å². The summed E-state index contributed by atoms with van der Waals surface area (Å²) in [4.78, 5) is 2.77. The summed E-state index contributed by atoms with van der Waals surface area (Å²) in [6.45, 7) is 14.7. The van der Waals surface area contributed by atoms with E-state index in [1.54, 1.807) is 0 Å². The fourth-order valence-electron chi connectivity index (χ4n) is 3.34. The third kappa shape index (κ3) is 5.88. The summed E-state index contributed by atoms with van der Waals surface area (Å²) in [7, 11) is 0. The minimum Gasteiger partial charge on any atom is -0.381 e. The van der Waals surface area contributed by atoms with Gasteiger partial charge in [-0.1, -0.05) is 27.7 Å². The van der Waals surface area contributed by atoms with Gasteiger partial charge in [0, 0.05) is 37.2 Å². The van der Waals surface area contributed by atoms with Crippen LogP contribution >= 0.6 is 0 Å². The van der Waals surface area contributed by atoms with Crippen molar-refractivity contribution in [1.29, 1.82) is 0 Å². The van der Waals surface area contributed by atoms with Gasteiger partial charge in [-0.05, 0) is 44.6 Å². The highest BCUT2D eigenvalue weighted by molar-refractivity contribution is 4.93. The minimum atomic E-state index is 0.335. The molecule has 3 heteroatoms. The van der Waals surface area contributed by atoms with Gasteiger partial charge >= 0.3 is 0 Å². The average molecular weight is 296 g/mol. The van der Waals surface area contributed by atoms with Gasteiger partial charge in [-0.15, -0.1) is 0 Å². The Morgan fingerprint density at radius 1 is 1.24 bits per heavy atom. The van der Waals surface area contributed by atoms with E-state index in [9.17, 15) is 0 Å². The molecule has 0 spiro atoms. The zero-order valence-corrected chi connectivity index (χ0v) is 14.7. The summed E-state index contributed by atoms with van der Waals surface area (Å²) < 4.78 is 5.88. The molecule has 0 amide bonds. The first-order valence-corrected chi connectivity index (χ1v) is 9.06. The molecule has 1 saturated carbocycles. The average Bonchev–Trinajstić information content (AvgIpc) is 3.27. The van der Waals surface area contributed by atoms with Crippen LogP contribution in [-0.2, 0) is 4.74 Å². The Hall–Kier alpha value is -0.120. The quantitative estimate of drug-likeness (QED) is 0.706. The molecular weight excluding hydrogens is 260 g/mol. The maximum Gasteiger partial charge on any atom is 0.0546 e. The van der Waals surface area contributed by atoms with Gasteiger partial charge in [0.25, 0.3) is 0 Å². The predicted octanol–water partition coefficient (Wildman–Crippen LogP) is 3.29. The number of nitrogens with zero attached hydrogens (tertiary/aromatic N) is 1. The maximum absolute atomic E-state index is 5.88. The van der Waals surface area contributed by atoms with E-state index in [2.05, 4.69) is 37.9 Å². The highest BCUT2D eigenvalue weighted by Gasteiger charge is 2.39. The predicted molar refractivity (Wildman–Crippen MR) is 89.7 cm³/mol. The Balaban J connectivity index is 1.94. The lowest BCUT2D eigenvalue weighted by Crippen LogP contribution is -2.50. The summed E-state index contributed by atoms with van der Waals surface area (Å²) in [6.07, 6.45) is 6.68. The third-order valence-corrected chi connectivity index (χ3v) is 4.88. The van der Waals surface area contributed by atoms with Crippen molar-refractivity contribution in [3.05, 3.63) is 0 Å². The van der Waals surface area contributed by atoms with Gasteiger partial charge in [-0.2, -0.15) is 0 Å². The van der Waals surface area contributed by atoms with Crippen LogP contribution in [0.4, 0.5) is 0 Å². The second-order valence-electron chi connectivity index (χ2n) is 8.08. The Kier molecular flexibility index (Phi) is 6.51. The van der Waals surface area contributed by atoms with Crippen LogP contribution in [0.1, 0.15) is 59.8 Å². The van der Waals surface area contributed by atoms with Gasteiger partial charge in [0.05, 0.1) is 6.61 Å². The number of ether oxygens (including phenoxy) is 1. The van der Waals surface area contributed by atoms with Crippen molar-refractivity contribution < 1.29 is 4.74 Å². The van der Waals surface area contributed by atoms with E-state index in [0.717, 1.165) is 31.7 Å². The van der Waals surface area contributed by atoms with Gasteiger partial charge in [0.2, 0.25) is 0 Å². The maximum atomic E-state index is 5.88. The van der Waals surface area contributed by atoms with Crippen LogP contribution in [0.5, 0.6) is 0 Å². The molecule has 2 aliphatic rings. The van der Waals surface area contributed by atoms with E-state index in [-0.39, 0.29) is 0 Å². The Morgan fingerprint density at radius 2 is 2.00 bits per heavy atom. The van der Waals surface area contributed by atoms with Crippen LogP contribution in [0, 0.1) is 11.3 Å². The van der Waals surface area contributed by atoms with Crippen LogP contribution in [0.3, 0.4) is 0 Å². The fraction of sp³-hybridized carbons (Fsp3) is 1.00. The molecule has 2 rings (SSSR count). The third-order valence-electron chi connectivity index (χ3n) is 4.88. The van der Waals surface area contributed by atoms with Crippen LogP contribution in [0.2, 0.25) is 0 Å². The first-order chi connectivity index (χ1) is 10.0. The van der Waals surface area contributed by atoms with Crippen molar-refractivity contribution in [2.75, 3.05) is 32.8 Å². The molecule has 0 bridgehead atoms. The lowest BCUT2D eigenvalue weighted by atomic mass is 9.81. The first kappa shape index (κ1) is 17.2. The molecule has 0 aromatic heterocycles. The molecule has 0 aromatic carbocycles. The lowest BCUT2D eigenvalue weighted by molar-refractivity contribution is -0.0289. The molecule has 3 nitrogen and oxygen atoms in total. The molecule has 0 radical (unpaired) electrons. The Morgan fingerprint density at radius 3 is 2.52 bits per heavy atom. The number of hydrogen-bond donors (Lipinski definition) is 1. The minimum absolute atomic E-state index is 0.335. The molecule has 124 valence electrons. The Bertz CT molecular complexity index is 294. The standard InChI is InChI=1S/C18H36N2O/c1-15(2)8-10-20(17-6-7-17)13-18(12-19-16(3)4)9-5-11-21-14-18/h15-17,19H,5-14H2,1-4H3. The van der Waals surface area contributed by atoms with Crippen molar-refractivity contribution in [2.24, 2.45) is 11.3 Å². The smallest absolute Gasteiger partial charge is 0.0546 e. The van der Waals surface area contributed by atoms with Gasteiger partial charge in [-0.3, -0.25) is 4.90 Å². The van der Waals surface area contributed by atoms with E-state index in [4.69, 9.17) is 4.74 Å². The van der Waals surface area contributed by atoms with E-state index >= 15 is 0 Å². The molecular formula is C18H36N2O. The molecule has 2 fully saturated rings. The number of rotatable bonds is 9. The molecule has 0 aromatic rings. The van der Waals surface area contributed by atoms with E-state index in [1.165, 1.54) is 45.2 Å². The Labute approximate surface area is 131 Å². The van der Waals surface area contributed by atoms with Crippen LogP contribution in [-0.4, -0.2) is 49.8 Å². The van der Waals surface area contributed by atoms with E-state index in [0.29, 0.717) is 11.5 Å². The van der Waals surface area contributed by atoms with Gasteiger partial charge in [0.15, 0.2) is 0 Å². The monoisotopic (exact) mass is 296 g/mol. The van der Waals surface area contributed by atoms with Crippen molar-refractivity contribution in [3.8, 4) is 0 Å². The molecule has 21 heavy (non-hydrogen) atoms. The van der Waals surface area contributed by atoms with Gasteiger partial charge in [-0.25, -0.2) is 0 Å². The second-order valence-corrected chi connectivity index (χ2v) is 8.08. The highest BCUT2D eigenvalue weighted by Crippen LogP contribution is 2.35. The van der Waals surface area contributed by atoms with Crippen LogP contribution in [0.15, 0.2) is 0 Å².